The maximum atomic E-state index is 13.5. The van der Waals surface area contributed by atoms with E-state index in [0.717, 1.165) is 19.3 Å². The summed E-state index contributed by atoms with van der Waals surface area (Å²) in [4.78, 5) is 27.2. The van der Waals surface area contributed by atoms with Gasteiger partial charge in [0.15, 0.2) is 0 Å². The minimum absolute atomic E-state index is 0.0619. The second-order valence-corrected chi connectivity index (χ2v) is 11.1. The lowest BCUT2D eigenvalue weighted by Crippen LogP contribution is -2.28. The van der Waals surface area contributed by atoms with Crippen LogP contribution in [0, 0.1) is 0 Å². The van der Waals surface area contributed by atoms with Crippen LogP contribution in [-0.4, -0.2) is 29.5 Å². The van der Waals surface area contributed by atoms with E-state index >= 15 is 0 Å². The van der Waals surface area contributed by atoms with Crippen molar-refractivity contribution in [1.82, 2.24) is 0 Å². The molecule has 0 radical (unpaired) electrons. The van der Waals surface area contributed by atoms with Gasteiger partial charge in [0.1, 0.15) is 0 Å². The van der Waals surface area contributed by atoms with Crippen molar-refractivity contribution in [3.63, 3.8) is 0 Å². The van der Waals surface area contributed by atoms with Crippen LogP contribution >= 0.6 is 44.8 Å². The number of benzene rings is 2. The van der Waals surface area contributed by atoms with Crippen molar-refractivity contribution in [2.24, 2.45) is 0 Å². The lowest BCUT2D eigenvalue weighted by Gasteiger charge is -2.27. The zero-order valence-corrected chi connectivity index (χ0v) is 21.2. The summed E-state index contributed by atoms with van der Waals surface area (Å²) in [6, 6.07) is 12.5. The standard InChI is InChI=1S/C24H27Cl2NO3S2/c1-2-30-23(29)16-17-8-3-5-12-21(17)27(24-19(25)10-7-11-20(24)26)22(28)13-6-4-9-18-14-15-31-32-18/h3,5,7-8,10-12,18H,2,4,6,9,13-16H2,1H3/t18-/m1/s1. The van der Waals surface area contributed by atoms with Crippen molar-refractivity contribution >= 4 is 68.0 Å². The number of carbonyl (C=O) groups is 2. The third-order valence-corrected chi connectivity index (χ3v) is 8.79. The van der Waals surface area contributed by atoms with Crippen LogP contribution < -0.4 is 4.90 Å². The Hall–Kier alpha value is -1.34. The van der Waals surface area contributed by atoms with Gasteiger partial charge in [-0.05, 0) is 49.9 Å². The molecule has 1 fully saturated rings. The molecule has 1 saturated heterocycles. The maximum Gasteiger partial charge on any atom is 0.310 e. The van der Waals surface area contributed by atoms with E-state index in [2.05, 4.69) is 0 Å². The number of hydrogen-bond donors (Lipinski definition) is 0. The number of hydrogen-bond acceptors (Lipinski definition) is 5. The van der Waals surface area contributed by atoms with Crippen LogP contribution in [0.25, 0.3) is 0 Å². The molecule has 1 amide bonds. The first-order chi connectivity index (χ1) is 15.5. The summed E-state index contributed by atoms with van der Waals surface area (Å²) >= 11 is 13.0. The van der Waals surface area contributed by atoms with Gasteiger partial charge in [-0.15, -0.1) is 0 Å². The number of esters is 1. The fourth-order valence-corrected chi connectivity index (χ4v) is 7.25. The molecular formula is C24H27Cl2NO3S2. The van der Waals surface area contributed by atoms with Crippen LogP contribution in [0.15, 0.2) is 42.5 Å². The average Bonchev–Trinajstić information content (AvgIpc) is 3.28. The van der Waals surface area contributed by atoms with Gasteiger partial charge in [-0.1, -0.05) is 75.5 Å². The van der Waals surface area contributed by atoms with E-state index in [-0.39, 0.29) is 18.3 Å². The number of carbonyl (C=O) groups excluding carboxylic acids is 2. The molecule has 8 heteroatoms. The van der Waals surface area contributed by atoms with Crippen molar-refractivity contribution < 1.29 is 14.3 Å². The van der Waals surface area contributed by atoms with Gasteiger partial charge in [0.25, 0.3) is 0 Å². The lowest BCUT2D eigenvalue weighted by atomic mass is 10.1. The maximum absolute atomic E-state index is 13.5. The molecule has 0 bridgehead atoms. The largest absolute Gasteiger partial charge is 0.466 e. The normalized spacial score (nSPS) is 15.5. The Morgan fingerprint density at radius 1 is 1.09 bits per heavy atom. The van der Waals surface area contributed by atoms with E-state index in [1.54, 1.807) is 30.0 Å². The SMILES string of the molecule is CCOC(=O)Cc1ccccc1N(C(=O)CCCC[C@@H]1CCSS1)c1c(Cl)cccc1Cl. The number of anilines is 2. The second-order valence-electron chi connectivity index (χ2n) is 7.48. The second kappa shape index (κ2) is 12.8. The molecule has 0 saturated carbocycles. The number of ether oxygens (including phenoxy) is 1. The van der Waals surface area contributed by atoms with Gasteiger partial charge in [-0.25, -0.2) is 0 Å². The highest BCUT2D eigenvalue weighted by Crippen LogP contribution is 2.41. The Balaban J connectivity index is 1.85. The van der Waals surface area contributed by atoms with Gasteiger partial charge in [0, 0.05) is 17.4 Å². The van der Waals surface area contributed by atoms with E-state index < -0.39 is 0 Å². The van der Waals surface area contributed by atoms with Gasteiger partial charge in [0.05, 0.1) is 34.4 Å². The van der Waals surface area contributed by atoms with E-state index in [4.69, 9.17) is 27.9 Å². The molecule has 1 aliphatic rings. The molecule has 2 aromatic carbocycles. The van der Waals surface area contributed by atoms with Crippen LogP contribution in [0.5, 0.6) is 0 Å². The van der Waals surface area contributed by atoms with Crippen LogP contribution in [-0.2, 0) is 20.7 Å². The predicted octanol–water partition coefficient (Wildman–Crippen LogP) is 7.48. The number of amides is 1. The highest BCUT2D eigenvalue weighted by atomic mass is 35.5. The Bertz CT molecular complexity index is 915. The summed E-state index contributed by atoms with van der Waals surface area (Å²) in [6.45, 7) is 2.07. The first-order valence-electron chi connectivity index (χ1n) is 10.8. The van der Waals surface area contributed by atoms with Crippen molar-refractivity contribution in [1.29, 1.82) is 0 Å². The number of unbranched alkanes of at least 4 members (excludes halogenated alkanes) is 1. The molecule has 1 aliphatic heterocycles. The summed E-state index contributed by atoms with van der Waals surface area (Å²) in [5.74, 6) is 0.777. The summed E-state index contributed by atoms with van der Waals surface area (Å²) in [6.07, 6.45) is 4.59. The Kier molecular flexibility index (Phi) is 10.1. The first-order valence-corrected chi connectivity index (χ1v) is 13.9. The highest BCUT2D eigenvalue weighted by molar-refractivity contribution is 8.77. The van der Waals surface area contributed by atoms with Gasteiger partial charge in [0.2, 0.25) is 5.91 Å². The zero-order valence-electron chi connectivity index (χ0n) is 18.0. The first kappa shape index (κ1) is 25.3. The molecule has 0 aromatic heterocycles. The quantitative estimate of drug-likeness (QED) is 0.188. The Labute approximate surface area is 207 Å². The summed E-state index contributed by atoms with van der Waals surface area (Å²) < 4.78 is 5.12. The number of nitrogens with zero attached hydrogens (tertiary/aromatic N) is 1. The predicted molar refractivity (Wildman–Crippen MR) is 137 cm³/mol. The van der Waals surface area contributed by atoms with Crippen LogP contribution in [0.1, 0.15) is 44.6 Å². The van der Waals surface area contributed by atoms with Crippen molar-refractivity contribution in [3.8, 4) is 0 Å². The highest BCUT2D eigenvalue weighted by Gasteiger charge is 2.26. The summed E-state index contributed by atoms with van der Waals surface area (Å²) in [5.41, 5.74) is 1.73. The Morgan fingerprint density at radius 2 is 1.84 bits per heavy atom. The van der Waals surface area contributed by atoms with Crippen molar-refractivity contribution in [2.45, 2.75) is 50.7 Å². The van der Waals surface area contributed by atoms with Gasteiger partial charge >= 0.3 is 5.97 Å². The minimum Gasteiger partial charge on any atom is -0.466 e. The molecule has 32 heavy (non-hydrogen) atoms. The molecule has 172 valence electrons. The topological polar surface area (TPSA) is 46.6 Å². The number of para-hydroxylation sites is 2. The van der Waals surface area contributed by atoms with Gasteiger partial charge < -0.3 is 4.74 Å². The Morgan fingerprint density at radius 3 is 2.53 bits per heavy atom. The molecule has 1 heterocycles. The molecule has 3 rings (SSSR count). The average molecular weight is 513 g/mol. The van der Waals surface area contributed by atoms with Crippen molar-refractivity contribution in [2.75, 3.05) is 17.3 Å². The smallest absolute Gasteiger partial charge is 0.310 e. The zero-order chi connectivity index (χ0) is 22.9. The van der Waals surface area contributed by atoms with Crippen LogP contribution in [0.2, 0.25) is 10.0 Å². The number of rotatable bonds is 10. The van der Waals surface area contributed by atoms with Crippen molar-refractivity contribution in [3.05, 3.63) is 58.1 Å². The molecule has 2 aromatic rings. The fraction of sp³-hybridized carbons (Fsp3) is 0.417. The molecular weight excluding hydrogens is 485 g/mol. The van der Waals surface area contributed by atoms with E-state index in [1.807, 2.05) is 45.9 Å². The molecule has 0 unspecified atom stereocenters. The van der Waals surface area contributed by atoms with Crippen LogP contribution in [0.3, 0.4) is 0 Å². The van der Waals surface area contributed by atoms with E-state index in [9.17, 15) is 9.59 Å². The molecule has 1 atom stereocenters. The monoisotopic (exact) mass is 511 g/mol. The molecule has 0 N–H and O–H groups in total. The van der Waals surface area contributed by atoms with Gasteiger partial charge in [-0.3, -0.25) is 14.5 Å². The van der Waals surface area contributed by atoms with Crippen LogP contribution in [0.4, 0.5) is 11.4 Å². The summed E-state index contributed by atoms with van der Waals surface area (Å²) in [7, 11) is 3.89. The molecule has 0 aliphatic carbocycles. The third kappa shape index (κ3) is 6.83. The number of halogens is 2. The third-order valence-electron chi connectivity index (χ3n) is 5.18. The van der Waals surface area contributed by atoms with E-state index in [1.165, 1.54) is 12.2 Å². The molecule has 0 spiro atoms. The lowest BCUT2D eigenvalue weighted by molar-refractivity contribution is -0.142. The van der Waals surface area contributed by atoms with Gasteiger partial charge in [-0.2, -0.15) is 0 Å². The van der Waals surface area contributed by atoms with E-state index in [0.29, 0.717) is 45.3 Å². The minimum atomic E-state index is -0.343. The summed E-state index contributed by atoms with van der Waals surface area (Å²) in [5, 5.41) is 1.46. The fourth-order valence-electron chi connectivity index (χ4n) is 3.65. The molecule has 4 nitrogen and oxygen atoms in total.